The van der Waals surface area contributed by atoms with Crippen LogP contribution < -0.4 is 5.32 Å². The van der Waals surface area contributed by atoms with Crippen LogP contribution in [0.4, 0.5) is 0 Å². The van der Waals surface area contributed by atoms with Gasteiger partial charge in [-0.25, -0.2) is 0 Å². The molecule has 0 rings (SSSR count). The second kappa shape index (κ2) is 6.40. The number of hydrogen-bond donors (Lipinski definition) is 3. The number of aliphatic hydroxyl groups is 2. The van der Waals surface area contributed by atoms with Gasteiger partial charge in [0.15, 0.2) is 0 Å². The molecule has 0 fully saturated rings. The smallest absolute Gasteiger partial charge is 0.0687 e. The molecule has 12 heavy (non-hydrogen) atoms. The fourth-order valence-corrected chi connectivity index (χ4v) is 0.797. The first kappa shape index (κ1) is 11.9. The van der Waals surface area contributed by atoms with Crippen molar-refractivity contribution in [2.45, 2.75) is 39.4 Å². The molecule has 0 aromatic carbocycles. The average molecular weight is 175 g/mol. The Labute approximate surface area is 74.8 Å². The Bertz CT molecular complexity index is 105. The van der Waals surface area contributed by atoms with Gasteiger partial charge in [0.2, 0.25) is 0 Å². The molecule has 3 N–H and O–H groups in total. The highest BCUT2D eigenvalue weighted by Crippen LogP contribution is 1.98. The van der Waals surface area contributed by atoms with Crippen molar-refractivity contribution in [2.24, 2.45) is 5.92 Å². The summed E-state index contributed by atoms with van der Waals surface area (Å²) in [6, 6.07) is 0. The van der Waals surface area contributed by atoms with Crippen LogP contribution >= 0.6 is 0 Å². The van der Waals surface area contributed by atoms with Gasteiger partial charge in [-0.3, -0.25) is 0 Å². The van der Waals surface area contributed by atoms with E-state index in [9.17, 15) is 5.11 Å². The third kappa shape index (κ3) is 6.58. The Morgan fingerprint density at radius 2 is 1.75 bits per heavy atom. The molecular formula is C9H21NO2. The first-order valence-corrected chi connectivity index (χ1v) is 4.61. The molecule has 3 heteroatoms. The van der Waals surface area contributed by atoms with E-state index in [-0.39, 0.29) is 12.2 Å². The molecule has 2 atom stereocenters. The van der Waals surface area contributed by atoms with Gasteiger partial charge in [0.05, 0.1) is 12.2 Å². The maximum atomic E-state index is 9.37. The Balaban J connectivity index is 3.20. The first-order chi connectivity index (χ1) is 5.54. The highest BCUT2D eigenvalue weighted by molar-refractivity contribution is 4.63. The van der Waals surface area contributed by atoms with Crippen LogP contribution in [-0.2, 0) is 0 Å². The third-order valence-corrected chi connectivity index (χ3v) is 1.86. The van der Waals surface area contributed by atoms with E-state index in [4.69, 9.17) is 5.11 Å². The molecule has 0 heterocycles. The van der Waals surface area contributed by atoms with Crippen molar-refractivity contribution in [1.29, 1.82) is 0 Å². The number of hydrogen-bond acceptors (Lipinski definition) is 3. The zero-order chi connectivity index (χ0) is 9.56. The summed E-state index contributed by atoms with van der Waals surface area (Å²) >= 11 is 0. The Morgan fingerprint density at radius 3 is 2.17 bits per heavy atom. The van der Waals surface area contributed by atoms with Crippen molar-refractivity contribution >= 4 is 0 Å². The molecule has 0 aromatic heterocycles. The van der Waals surface area contributed by atoms with Crippen molar-refractivity contribution in [3.8, 4) is 0 Å². The van der Waals surface area contributed by atoms with Crippen molar-refractivity contribution in [2.75, 3.05) is 13.1 Å². The molecule has 74 valence electrons. The largest absolute Gasteiger partial charge is 0.393 e. The lowest BCUT2D eigenvalue weighted by atomic mass is 10.1. The Kier molecular flexibility index (Phi) is 6.34. The zero-order valence-electron chi connectivity index (χ0n) is 8.25. The molecule has 2 unspecified atom stereocenters. The van der Waals surface area contributed by atoms with E-state index >= 15 is 0 Å². The van der Waals surface area contributed by atoms with Gasteiger partial charge in [0, 0.05) is 6.54 Å². The molecule has 0 aliphatic carbocycles. The first-order valence-electron chi connectivity index (χ1n) is 4.61. The summed E-state index contributed by atoms with van der Waals surface area (Å²) in [7, 11) is 0. The van der Waals surface area contributed by atoms with E-state index in [0.29, 0.717) is 12.5 Å². The fourth-order valence-electron chi connectivity index (χ4n) is 0.797. The summed E-state index contributed by atoms with van der Waals surface area (Å²) in [6.45, 7) is 7.12. The lowest BCUT2D eigenvalue weighted by molar-refractivity contribution is 0.121. The number of aliphatic hydroxyl groups excluding tert-OH is 2. The number of rotatable bonds is 6. The van der Waals surface area contributed by atoms with E-state index in [0.717, 1.165) is 13.0 Å². The lowest BCUT2D eigenvalue weighted by Crippen LogP contribution is -2.32. The monoisotopic (exact) mass is 175 g/mol. The van der Waals surface area contributed by atoms with E-state index in [1.165, 1.54) is 0 Å². The Morgan fingerprint density at radius 1 is 1.17 bits per heavy atom. The standard InChI is InChI=1S/C9H21NO2/c1-7(2)9(12)6-10-5-4-8(3)11/h7-12H,4-6H2,1-3H3. The lowest BCUT2D eigenvalue weighted by Gasteiger charge is -2.15. The zero-order valence-corrected chi connectivity index (χ0v) is 8.25. The van der Waals surface area contributed by atoms with Crippen LogP contribution in [-0.4, -0.2) is 35.5 Å². The van der Waals surface area contributed by atoms with Crippen LogP contribution in [0, 0.1) is 5.92 Å². The molecule has 0 radical (unpaired) electrons. The van der Waals surface area contributed by atoms with Crippen molar-refractivity contribution < 1.29 is 10.2 Å². The van der Waals surface area contributed by atoms with Gasteiger partial charge in [-0.2, -0.15) is 0 Å². The quantitative estimate of drug-likeness (QED) is 0.511. The van der Waals surface area contributed by atoms with Gasteiger partial charge in [-0.15, -0.1) is 0 Å². The Hall–Kier alpha value is -0.120. The summed E-state index contributed by atoms with van der Waals surface area (Å²) in [6.07, 6.45) is 0.206. The van der Waals surface area contributed by atoms with Gasteiger partial charge in [0.25, 0.3) is 0 Å². The van der Waals surface area contributed by atoms with Crippen LogP contribution in [0.1, 0.15) is 27.2 Å². The molecular weight excluding hydrogens is 154 g/mol. The normalized spacial score (nSPS) is 16.5. The van der Waals surface area contributed by atoms with Crippen LogP contribution in [0.15, 0.2) is 0 Å². The van der Waals surface area contributed by atoms with E-state index in [1.807, 2.05) is 13.8 Å². The van der Waals surface area contributed by atoms with Gasteiger partial charge >= 0.3 is 0 Å². The molecule has 0 aromatic rings. The number of nitrogens with one attached hydrogen (secondary N) is 1. The summed E-state index contributed by atoms with van der Waals surface area (Å²) in [5.74, 6) is 0.295. The molecule has 0 bridgehead atoms. The maximum absolute atomic E-state index is 9.37. The molecule has 0 saturated heterocycles. The van der Waals surface area contributed by atoms with E-state index in [1.54, 1.807) is 6.92 Å². The van der Waals surface area contributed by atoms with Gasteiger partial charge < -0.3 is 15.5 Å². The summed E-state index contributed by atoms with van der Waals surface area (Å²) < 4.78 is 0. The maximum Gasteiger partial charge on any atom is 0.0687 e. The predicted octanol–water partition coefficient (Wildman–Crippen LogP) is 0.364. The minimum absolute atomic E-state index is 0.256. The molecule has 0 saturated carbocycles. The highest BCUT2D eigenvalue weighted by Gasteiger charge is 2.07. The van der Waals surface area contributed by atoms with Crippen LogP contribution in [0.3, 0.4) is 0 Å². The third-order valence-electron chi connectivity index (χ3n) is 1.86. The van der Waals surface area contributed by atoms with Crippen LogP contribution in [0.25, 0.3) is 0 Å². The van der Waals surface area contributed by atoms with Crippen molar-refractivity contribution in [3.05, 3.63) is 0 Å². The second-order valence-corrected chi connectivity index (χ2v) is 3.65. The minimum Gasteiger partial charge on any atom is -0.393 e. The highest BCUT2D eigenvalue weighted by atomic mass is 16.3. The van der Waals surface area contributed by atoms with E-state index in [2.05, 4.69) is 5.32 Å². The molecule has 0 spiro atoms. The molecule has 3 nitrogen and oxygen atoms in total. The van der Waals surface area contributed by atoms with Crippen molar-refractivity contribution in [1.82, 2.24) is 5.32 Å². The minimum atomic E-state index is -0.279. The van der Waals surface area contributed by atoms with Gasteiger partial charge in [-0.1, -0.05) is 13.8 Å². The summed E-state index contributed by atoms with van der Waals surface area (Å²) in [5.41, 5.74) is 0. The van der Waals surface area contributed by atoms with Crippen LogP contribution in [0.5, 0.6) is 0 Å². The second-order valence-electron chi connectivity index (χ2n) is 3.65. The fraction of sp³-hybridized carbons (Fsp3) is 1.00. The summed E-state index contributed by atoms with van der Waals surface area (Å²) in [5, 5.41) is 21.4. The van der Waals surface area contributed by atoms with E-state index < -0.39 is 0 Å². The topological polar surface area (TPSA) is 52.5 Å². The van der Waals surface area contributed by atoms with Gasteiger partial charge in [0.1, 0.15) is 0 Å². The molecule has 0 aliphatic rings. The molecule has 0 amide bonds. The predicted molar refractivity (Wildman–Crippen MR) is 50.0 cm³/mol. The van der Waals surface area contributed by atoms with Gasteiger partial charge in [-0.05, 0) is 25.8 Å². The summed E-state index contributed by atoms with van der Waals surface area (Å²) in [4.78, 5) is 0. The van der Waals surface area contributed by atoms with Crippen LogP contribution in [0.2, 0.25) is 0 Å². The van der Waals surface area contributed by atoms with Crippen molar-refractivity contribution in [3.63, 3.8) is 0 Å². The SMILES string of the molecule is CC(O)CCNCC(O)C(C)C. The molecule has 0 aliphatic heterocycles. The average Bonchev–Trinajstić information content (AvgIpc) is 1.97.